The minimum absolute atomic E-state index is 0.515. The largest absolute Gasteiger partial charge is 0.388 e. The van der Waals surface area contributed by atoms with Gasteiger partial charge in [0.15, 0.2) is 0 Å². The second-order valence-electron chi connectivity index (χ2n) is 6.67. The van der Waals surface area contributed by atoms with Gasteiger partial charge in [-0.3, -0.25) is 0 Å². The molecule has 2 rings (SSSR count). The van der Waals surface area contributed by atoms with Crippen molar-refractivity contribution in [2.45, 2.75) is 57.6 Å². The van der Waals surface area contributed by atoms with E-state index in [-0.39, 0.29) is 0 Å². The van der Waals surface area contributed by atoms with Crippen LogP contribution in [0.15, 0.2) is 0 Å². The van der Waals surface area contributed by atoms with E-state index in [0.717, 1.165) is 31.2 Å². The van der Waals surface area contributed by atoms with E-state index in [0.29, 0.717) is 19.3 Å². The van der Waals surface area contributed by atoms with Gasteiger partial charge in [0.25, 0.3) is 0 Å². The van der Waals surface area contributed by atoms with E-state index in [2.05, 4.69) is 25.8 Å². The zero-order chi connectivity index (χ0) is 13.2. The Kier molecular flexibility index (Phi) is 4.68. The highest BCUT2D eigenvalue weighted by Crippen LogP contribution is 2.32. The fourth-order valence-electron chi connectivity index (χ4n) is 3.42. The Labute approximate surface area is 112 Å². The summed E-state index contributed by atoms with van der Waals surface area (Å²) in [5, 5.41) is 10.6. The molecule has 2 aliphatic rings. The molecule has 0 amide bonds. The third kappa shape index (κ3) is 3.46. The Morgan fingerprint density at radius 3 is 2.44 bits per heavy atom. The van der Waals surface area contributed by atoms with Gasteiger partial charge < -0.3 is 14.7 Å². The highest BCUT2D eigenvalue weighted by molar-refractivity contribution is 4.88. The van der Waals surface area contributed by atoms with Crippen molar-refractivity contribution in [1.29, 1.82) is 0 Å². The van der Waals surface area contributed by atoms with Gasteiger partial charge in [-0.15, -0.1) is 0 Å². The lowest BCUT2D eigenvalue weighted by atomic mass is 9.78. The van der Waals surface area contributed by atoms with Crippen molar-refractivity contribution in [3.8, 4) is 0 Å². The number of ether oxygens (including phenoxy) is 1. The summed E-state index contributed by atoms with van der Waals surface area (Å²) in [5.74, 6) is 1.68. The van der Waals surface area contributed by atoms with Crippen LogP contribution in [0.25, 0.3) is 0 Å². The van der Waals surface area contributed by atoms with Crippen LogP contribution in [-0.2, 0) is 4.74 Å². The Morgan fingerprint density at radius 1 is 1.17 bits per heavy atom. The van der Waals surface area contributed by atoms with Crippen LogP contribution in [0.2, 0.25) is 0 Å². The second-order valence-corrected chi connectivity index (χ2v) is 6.67. The average Bonchev–Trinajstić information content (AvgIpc) is 2.33. The summed E-state index contributed by atoms with van der Waals surface area (Å²) in [6, 6.07) is 0.656. The molecule has 0 bridgehead atoms. The molecule has 0 radical (unpaired) electrons. The summed E-state index contributed by atoms with van der Waals surface area (Å²) in [7, 11) is 2.18. The quantitative estimate of drug-likeness (QED) is 0.840. The summed E-state index contributed by atoms with van der Waals surface area (Å²) >= 11 is 0. The molecule has 1 heterocycles. The summed E-state index contributed by atoms with van der Waals surface area (Å²) < 4.78 is 5.34. The summed E-state index contributed by atoms with van der Waals surface area (Å²) in [6.07, 6.45) is 5.47. The van der Waals surface area contributed by atoms with Crippen molar-refractivity contribution in [2.24, 2.45) is 11.8 Å². The number of rotatable bonds is 3. The number of nitrogens with zero attached hydrogens (tertiary/aromatic N) is 1. The molecule has 3 nitrogen and oxygen atoms in total. The van der Waals surface area contributed by atoms with Gasteiger partial charge in [0.1, 0.15) is 0 Å². The molecule has 1 saturated carbocycles. The molecule has 3 unspecified atom stereocenters. The molecule has 1 N–H and O–H groups in total. The zero-order valence-corrected chi connectivity index (χ0v) is 12.2. The molecule has 0 aromatic carbocycles. The smallest absolute Gasteiger partial charge is 0.0817 e. The van der Waals surface area contributed by atoms with Gasteiger partial charge in [-0.1, -0.05) is 13.8 Å². The van der Waals surface area contributed by atoms with Gasteiger partial charge in [-0.2, -0.15) is 0 Å². The van der Waals surface area contributed by atoms with E-state index < -0.39 is 5.60 Å². The van der Waals surface area contributed by atoms with Gasteiger partial charge in [0.05, 0.1) is 5.60 Å². The molecule has 0 aromatic rings. The summed E-state index contributed by atoms with van der Waals surface area (Å²) in [6.45, 7) is 6.97. The van der Waals surface area contributed by atoms with Gasteiger partial charge >= 0.3 is 0 Å². The summed E-state index contributed by atoms with van der Waals surface area (Å²) in [4.78, 5) is 2.40. The average molecular weight is 255 g/mol. The van der Waals surface area contributed by atoms with Crippen molar-refractivity contribution in [3.63, 3.8) is 0 Å². The van der Waals surface area contributed by atoms with Crippen LogP contribution in [0.3, 0.4) is 0 Å². The molecular weight excluding hydrogens is 226 g/mol. The Balaban J connectivity index is 1.85. The number of hydrogen-bond acceptors (Lipinski definition) is 3. The lowest BCUT2D eigenvalue weighted by Gasteiger charge is -2.42. The van der Waals surface area contributed by atoms with Crippen molar-refractivity contribution in [2.75, 3.05) is 26.8 Å². The normalized spacial score (nSPS) is 36.8. The fraction of sp³-hybridized carbons (Fsp3) is 1.00. The molecule has 3 heteroatoms. The first-order valence-electron chi connectivity index (χ1n) is 7.50. The number of hydrogen-bond donors (Lipinski definition) is 1. The van der Waals surface area contributed by atoms with Crippen LogP contribution in [0, 0.1) is 11.8 Å². The zero-order valence-electron chi connectivity index (χ0n) is 12.2. The van der Waals surface area contributed by atoms with E-state index in [9.17, 15) is 5.11 Å². The van der Waals surface area contributed by atoms with Gasteiger partial charge in [-0.05, 0) is 38.1 Å². The van der Waals surface area contributed by atoms with Crippen LogP contribution in [-0.4, -0.2) is 48.5 Å². The van der Waals surface area contributed by atoms with Crippen molar-refractivity contribution < 1.29 is 9.84 Å². The monoisotopic (exact) mass is 255 g/mol. The minimum Gasteiger partial charge on any atom is -0.388 e. The van der Waals surface area contributed by atoms with E-state index in [1.54, 1.807) is 0 Å². The Bertz CT molecular complexity index is 263. The third-order valence-corrected chi connectivity index (χ3v) is 5.16. The van der Waals surface area contributed by atoms with Crippen molar-refractivity contribution >= 4 is 0 Å². The topological polar surface area (TPSA) is 32.7 Å². The molecule has 3 atom stereocenters. The maximum atomic E-state index is 10.6. The first kappa shape index (κ1) is 14.3. The van der Waals surface area contributed by atoms with E-state index in [1.807, 2.05) is 0 Å². The first-order valence-corrected chi connectivity index (χ1v) is 7.50. The highest BCUT2D eigenvalue weighted by atomic mass is 16.5. The molecule has 106 valence electrons. The highest BCUT2D eigenvalue weighted by Gasteiger charge is 2.34. The SMILES string of the molecule is CC1CCC(N(C)CC2(O)CCOCC2)CC1C. The predicted molar refractivity (Wildman–Crippen MR) is 73.6 cm³/mol. The standard InChI is InChI=1S/C15H29NO2/c1-12-4-5-14(10-13(12)2)16(3)11-15(17)6-8-18-9-7-15/h12-14,17H,4-11H2,1-3H3. The lowest BCUT2D eigenvalue weighted by Crippen LogP contribution is -2.49. The molecule has 0 spiro atoms. The maximum absolute atomic E-state index is 10.6. The molecule has 0 aromatic heterocycles. The molecule has 1 aliphatic heterocycles. The first-order chi connectivity index (χ1) is 8.50. The molecule has 1 saturated heterocycles. The van der Waals surface area contributed by atoms with Crippen LogP contribution in [0.5, 0.6) is 0 Å². The van der Waals surface area contributed by atoms with Crippen molar-refractivity contribution in [1.82, 2.24) is 4.90 Å². The van der Waals surface area contributed by atoms with Gasteiger partial charge in [-0.25, -0.2) is 0 Å². The van der Waals surface area contributed by atoms with Crippen LogP contribution in [0.1, 0.15) is 46.0 Å². The van der Waals surface area contributed by atoms with Gasteiger partial charge in [0.2, 0.25) is 0 Å². The third-order valence-electron chi connectivity index (χ3n) is 5.16. The Hall–Kier alpha value is -0.120. The maximum Gasteiger partial charge on any atom is 0.0817 e. The fourth-order valence-corrected chi connectivity index (χ4v) is 3.42. The molecule has 1 aliphatic carbocycles. The van der Waals surface area contributed by atoms with E-state index >= 15 is 0 Å². The van der Waals surface area contributed by atoms with Crippen LogP contribution >= 0.6 is 0 Å². The Morgan fingerprint density at radius 2 is 1.83 bits per heavy atom. The van der Waals surface area contributed by atoms with Crippen LogP contribution in [0.4, 0.5) is 0 Å². The second kappa shape index (κ2) is 5.89. The lowest BCUT2D eigenvalue weighted by molar-refractivity contribution is -0.0843. The van der Waals surface area contributed by atoms with E-state index in [1.165, 1.54) is 19.3 Å². The molecule has 18 heavy (non-hydrogen) atoms. The number of aliphatic hydroxyl groups is 1. The van der Waals surface area contributed by atoms with E-state index in [4.69, 9.17) is 4.74 Å². The van der Waals surface area contributed by atoms with Crippen LogP contribution < -0.4 is 0 Å². The molecule has 2 fully saturated rings. The van der Waals surface area contributed by atoms with Gasteiger partial charge in [0, 0.05) is 38.6 Å². The summed E-state index contributed by atoms with van der Waals surface area (Å²) in [5.41, 5.74) is -0.515. The van der Waals surface area contributed by atoms with Crippen molar-refractivity contribution in [3.05, 3.63) is 0 Å². The number of likely N-dealkylation sites (N-methyl/N-ethyl adjacent to an activating group) is 1. The molecular formula is C15H29NO2. The minimum atomic E-state index is -0.515. The predicted octanol–water partition coefficient (Wildman–Crippen LogP) is 2.28.